The van der Waals surface area contributed by atoms with Gasteiger partial charge in [0.15, 0.2) is 0 Å². The molecule has 1 atom stereocenters. The molecule has 0 heterocycles. The van der Waals surface area contributed by atoms with Crippen molar-refractivity contribution in [2.24, 2.45) is 0 Å². The number of hydrogen-bond acceptors (Lipinski definition) is 4. The fourth-order valence-corrected chi connectivity index (χ4v) is 3.24. The van der Waals surface area contributed by atoms with Crippen molar-refractivity contribution in [3.8, 4) is 0 Å². The second-order valence-corrected chi connectivity index (χ2v) is 7.86. The van der Waals surface area contributed by atoms with E-state index in [1.807, 2.05) is 62.8 Å². The van der Waals surface area contributed by atoms with Gasteiger partial charge in [0, 0.05) is 12.1 Å². The third-order valence-corrected chi connectivity index (χ3v) is 4.84. The van der Waals surface area contributed by atoms with E-state index >= 15 is 0 Å². The van der Waals surface area contributed by atoms with Gasteiger partial charge in [-0.05, 0) is 43.3 Å². The highest BCUT2D eigenvalue weighted by Crippen LogP contribution is 2.15. The normalized spacial score (nSPS) is 12.0. The number of rotatable bonds is 10. The van der Waals surface area contributed by atoms with Gasteiger partial charge >= 0.3 is 6.09 Å². The standard InChI is InChI=1S/C25H31N3O4/c1-4-5-10-22(24(30)27-25(31)32)26-23(29)21-9-7-6-8-20(21)16-15-18-11-13-19(14-12-18)17-28(2)3/h6-9,11-16,22H,4-5,10,17H2,1-3H3,(H,26,29)(H,27,30)(H,31,32)/b16-15+. The van der Waals surface area contributed by atoms with Crippen LogP contribution in [-0.2, 0) is 11.3 Å². The largest absolute Gasteiger partial charge is 0.465 e. The molecule has 0 saturated heterocycles. The van der Waals surface area contributed by atoms with Gasteiger partial charge in [0.05, 0.1) is 0 Å². The lowest BCUT2D eigenvalue weighted by atomic mass is 10.0. The average molecular weight is 438 g/mol. The van der Waals surface area contributed by atoms with Crippen molar-refractivity contribution in [1.29, 1.82) is 0 Å². The highest BCUT2D eigenvalue weighted by atomic mass is 16.4. The van der Waals surface area contributed by atoms with Crippen molar-refractivity contribution in [3.63, 3.8) is 0 Å². The fraction of sp³-hybridized carbons (Fsp3) is 0.320. The average Bonchev–Trinajstić information content (AvgIpc) is 2.75. The van der Waals surface area contributed by atoms with Gasteiger partial charge in [-0.3, -0.25) is 14.9 Å². The van der Waals surface area contributed by atoms with E-state index in [4.69, 9.17) is 5.11 Å². The number of carbonyl (C=O) groups is 3. The Hall–Kier alpha value is -3.45. The van der Waals surface area contributed by atoms with E-state index in [0.29, 0.717) is 24.0 Å². The van der Waals surface area contributed by atoms with E-state index in [-0.39, 0.29) is 0 Å². The summed E-state index contributed by atoms with van der Waals surface area (Å²) in [6, 6.07) is 14.4. The Morgan fingerprint density at radius 2 is 1.72 bits per heavy atom. The van der Waals surface area contributed by atoms with Crippen LogP contribution in [0.25, 0.3) is 12.2 Å². The number of nitrogens with one attached hydrogen (secondary N) is 2. The van der Waals surface area contributed by atoms with Crippen LogP contribution in [0.4, 0.5) is 4.79 Å². The molecule has 32 heavy (non-hydrogen) atoms. The third-order valence-electron chi connectivity index (χ3n) is 4.84. The lowest BCUT2D eigenvalue weighted by molar-refractivity contribution is -0.122. The summed E-state index contributed by atoms with van der Waals surface area (Å²) < 4.78 is 0. The van der Waals surface area contributed by atoms with Crippen molar-refractivity contribution >= 4 is 30.1 Å². The first kappa shape index (κ1) is 24.8. The number of hydrogen-bond donors (Lipinski definition) is 3. The number of nitrogens with zero attached hydrogens (tertiary/aromatic N) is 1. The molecule has 0 spiro atoms. The molecule has 1 unspecified atom stereocenters. The lowest BCUT2D eigenvalue weighted by Gasteiger charge is -2.17. The number of benzene rings is 2. The van der Waals surface area contributed by atoms with Gasteiger partial charge in [-0.1, -0.05) is 74.4 Å². The Kier molecular flexibility index (Phi) is 9.63. The molecule has 0 aliphatic carbocycles. The summed E-state index contributed by atoms with van der Waals surface area (Å²) in [7, 11) is 4.04. The van der Waals surface area contributed by atoms with Crippen LogP contribution in [0.3, 0.4) is 0 Å². The van der Waals surface area contributed by atoms with E-state index < -0.39 is 23.9 Å². The van der Waals surface area contributed by atoms with E-state index in [0.717, 1.165) is 18.5 Å². The minimum absolute atomic E-state index is 0.360. The molecule has 2 aromatic rings. The van der Waals surface area contributed by atoms with Crippen LogP contribution >= 0.6 is 0 Å². The Morgan fingerprint density at radius 1 is 1.03 bits per heavy atom. The lowest BCUT2D eigenvalue weighted by Crippen LogP contribution is -2.48. The van der Waals surface area contributed by atoms with Gasteiger partial charge < -0.3 is 15.3 Å². The Balaban J connectivity index is 2.16. The number of imide groups is 1. The molecule has 0 aliphatic heterocycles. The minimum Gasteiger partial charge on any atom is -0.465 e. The number of unbranched alkanes of at least 4 members (excludes halogenated alkanes) is 1. The van der Waals surface area contributed by atoms with E-state index in [1.54, 1.807) is 12.1 Å². The van der Waals surface area contributed by atoms with Crippen LogP contribution in [0.15, 0.2) is 48.5 Å². The van der Waals surface area contributed by atoms with Crippen LogP contribution in [0, 0.1) is 0 Å². The summed E-state index contributed by atoms with van der Waals surface area (Å²) in [5.41, 5.74) is 3.34. The van der Waals surface area contributed by atoms with Gasteiger partial charge in [0.1, 0.15) is 6.04 Å². The van der Waals surface area contributed by atoms with Gasteiger partial charge in [0.2, 0.25) is 0 Å². The molecule has 0 aliphatic rings. The molecule has 7 nitrogen and oxygen atoms in total. The fourth-order valence-electron chi connectivity index (χ4n) is 3.24. The van der Waals surface area contributed by atoms with E-state index in [2.05, 4.69) is 22.3 Å². The first-order valence-electron chi connectivity index (χ1n) is 10.7. The summed E-state index contributed by atoms with van der Waals surface area (Å²) >= 11 is 0. The maximum Gasteiger partial charge on any atom is 0.411 e. The van der Waals surface area contributed by atoms with Crippen molar-refractivity contribution in [2.45, 2.75) is 38.8 Å². The SMILES string of the molecule is CCCCC(NC(=O)c1ccccc1/C=C/c1ccc(CN(C)C)cc1)C(=O)NC(=O)O. The van der Waals surface area contributed by atoms with Gasteiger partial charge in [-0.15, -0.1) is 0 Å². The summed E-state index contributed by atoms with van der Waals surface area (Å²) in [6.45, 7) is 2.82. The Labute approximate surface area is 189 Å². The highest BCUT2D eigenvalue weighted by molar-refractivity contribution is 6.02. The van der Waals surface area contributed by atoms with E-state index in [1.165, 1.54) is 5.56 Å². The third kappa shape index (κ3) is 8.00. The maximum absolute atomic E-state index is 12.9. The molecule has 0 saturated carbocycles. The first-order valence-corrected chi connectivity index (χ1v) is 10.7. The molecular formula is C25H31N3O4. The van der Waals surface area contributed by atoms with Crippen LogP contribution in [0.1, 0.15) is 53.2 Å². The minimum atomic E-state index is -1.44. The topological polar surface area (TPSA) is 98.7 Å². The number of carboxylic acid groups (broad SMARTS) is 1. The Morgan fingerprint density at radius 3 is 2.34 bits per heavy atom. The van der Waals surface area contributed by atoms with Crippen LogP contribution < -0.4 is 10.6 Å². The molecule has 0 bridgehead atoms. The van der Waals surface area contributed by atoms with Crippen molar-refractivity contribution in [1.82, 2.24) is 15.5 Å². The van der Waals surface area contributed by atoms with Crippen molar-refractivity contribution in [2.75, 3.05) is 14.1 Å². The smallest absolute Gasteiger partial charge is 0.411 e. The summed E-state index contributed by atoms with van der Waals surface area (Å²) in [5, 5.41) is 13.4. The molecule has 3 N–H and O–H groups in total. The predicted octanol–water partition coefficient (Wildman–Crippen LogP) is 4.00. The maximum atomic E-state index is 12.9. The van der Waals surface area contributed by atoms with Crippen molar-refractivity contribution in [3.05, 3.63) is 70.8 Å². The molecule has 2 rings (SSSR count). The van der Waals surface area contributed by atoms with Gasteiger partial charge in [0.25, 0.3) is 11.8 Å². The molecule has 7 heteroatoms. The number of carbonyl (C=O) groups excluding carboxylic acids is 2. The summed E-state index contributed by atoms with van der Waals surface area (Å²) in [4.78, 5) is 38.0. The zero-order chi connectivity index (χ0) is 23.5. The predicted molar refractivity (Wildman–Crippen MR) is 126 cm³/mol. The molecular weight excluding hydrogens is 406 g/mol. The molecule has 0 fully saturated rings. The quantitative estimate of drug-likeness (QED) is 0.488. The summed E-state index contributed by atoms with van der Waals surface area (Å²) in [6.07, 6.45) is 4.21. The van der Waals surface area contributed by atoms with Gasteiger partial charge in [-0.25, -0.2) is 4.79 Å². The second-order valence-electron chi connectivity index (χ2n) is 7.86. The molecule has 2 aromatic carbocycles. The zero-order valence-corrected chi connectivity index (χ0v) is 18.8. The van der Waals surface area contributed by atoms with Gasteiger partial charge in [-0.2, -0.15) is 0 Å². The second kappa shape index (κ2) is 12.4. The van der Waals surface area contributed by atoms with Crippen molar-refractivity contribution < 1.29 is 19.5 Å². The summed E-state index contributed by atoms with van der Waals surface area (Å²) in [5.74, 6) is -1.15. The molecule has 0 radical (unpaired) electrons. The number of amides is 3. The Bertz CT molecular complexity index is 952. The first-order chi connectivity index (χ1) is 15.3. The zero-order valence-electron chi connectivity index (χ0n) is 18.8. The molecule has 170 valence electrons. The monoisotopic (exact) mass is 437 g/mol. The molecule has 0 aromatic heterocycles. The van der Waals surface area contributed by atoms with Crippen LogP contribution in [-0.4, -0.2) is 48.1 Å². The van der Waals surface area contributed by atoms with E-state index in [9.17, 15) is 14.4 Å². The molecule has 3 amide bonds. The highest BCUT2D eigenvalue weighted by Gasteiger charge is 2.23. The van der Waals surface area contributed by atoms with Crippen LogP contribution in [0.5, 0.6) is 0 Å². The van der Waals surface area contributed by atoms with Crippen LogP contribution in [0.2, 0.25) is 0 Å².